The van der Waals surface area contributed by atoms with E-state index < -0.39 is 0 Å². The highest BCUT2D eigenvalue weighted by Gasteiger charge is 2.10. The number of carbonyl (C=O) groups is 1. The monoisotopic (exact) mass is 345 g/mol. The number of nitrogens with one attached hydrogen (secondary N) is 1. The molecule has 1 heterocycles. The third kappa shape index (κ3) is 4.12. The van der Waals surface area contributed by atoms with Gasteiger partial charge in [-0.2, -0.15) is 5.10 Å². The van der Waals surface area contributed by atoms with Crippen LogP contribution in [-0.4, -0.2) is 15.7 Å². The van der Waals surface area contributed by atoms with Crippen molar-refractivity contribution in [1.29, 1.82) is 0 Å². The molecule has 23 heavy (non-hydrogen) atoms. The van der Waals surface area contributed by atoms with E-state index in [9.17, 15) is 4.79 Å². The number of amides is 1. The predicted octanol–water partition coefficient (Wildman–Crippen LogP) is 4.49. The Morgan fingerprint density at radius 3 is 2.48 bits per heavy atom. The normalized spacial score (nSPS) is 10.5. The first-order valence-electron chi connectivity index (χ1n) is 6.94. The average Bonchev–Trinajstić information content (AvgIpc) is 2.96. The van der Waals surface area contributed by atoms with Crippen LogP contribution in [0.25, 0.3) is 0 Å². The smallest absolute Gasteiger partial charge is 0.258 e. The Balaban J connectivity index is 1.71. The molecule has 0 atom stereocenters. The van der Waals surface area contributed by atoms with E-state index in [0.717, 1.165) is 5.56 Å². The Labute approximate surface area is 143 Å². The zero-order chi connectivity index (χ0) is 16.2. The van der Waals surface area contributed by atoms with Crippen LogP contribution in [0.5, 0.6) is 0 Å². The quantitative estimate of drug-likeness (QED) is 0.757. The van der Waals surface area contributed by atoms with Gasteiger partial charge in [0.05, 0.1) is 18.3 Å². The van der Waals surface area contributed by atoms with Gasteiger partial charge in [-0.3, -0.25) is 9.48 Å². The Morgan fingerprint density at radius 2 is 1.78 bits per heavy atom. The zero-order valence-electron chi connectivity index (χ0n) is 12.0. The van der Waals surface area contributed by atoms with Crippen molar-refractivity contribution in [1.82, 2.24) is 9.78 Å². The van der Waals surface area contributed by atoms with E-state index in [-0.39, 0.29) is 5.91 Å². The minimum absolute atomic E-state index is 0.261. The molecule has 0 spiro atoms. The predicted molar refractivity (Wildman–Crippen MR) is 92.2 cm³/mol. The molecule has 0 aliphatic carbocycles. The standard InChI is InChI=1S/C17H13Cl2N3O/c18-14-6-15(19)8-16(7-14)21-17(23)13-9-20-22(11-13)10-12-4-2-1-3-5-12/h1-9,11H,10H2,(H,21,23). The van der Waals surface area contributed by atoms with Crippen LogP contribution in [0.1, 0.15) is 15.9 Å². The van der Waals surface area contributed by atoms with E-state index >= 15 is 0 Å². The molecule has 3 aromatic rings. The van der Waals surface area contributed by atoms with Gasteiger partial charge in [0, 0.05) is 21.9 Å². The largest absolute Gasteiger partial charge is 0.322 e. The lowest BCUT2D eigenvalue weighted by molar-refractivity contribution is 0.102. The molecule has 1 N–H and O–H groups in total. The lowest BCUT2D eigenvalue weighted by Crippen LogP contribution is -2.11. The Kier molecular flexibility index (Phi) is 4.65. The van der Waals surface area contributed by atoms with Crippen LogP contribution in [0.2, 0.25) is 10.0 Å². The highest BCUT2D eigenvalue weighted by molar-refractivity contribution is 6.35. The Bertz CT molecular complexity index is 811. The molecule has 0 saturated carbocycles. The summed E-state index contributed by atoms with van der Waals surface area (Å²) >= 11 is 11.8. The molecule has 4 nitrogen and oxygen atoms in total. The molecular weight excluding hydrogens is 333 g/mol. The van der Waals surface area contributed by atoms with Crippen molar-refractivity contribution in [2.75, 3.05) is 5.32 Å². The molecule has 2 aromatic carbocycles. The Morgan fingerprint density at radius 1 is 1.09 bits per heavy atom. The Hall–Kier alpha value is -2.30. The first-order chi connectivity index (χ1) is 11.1. The van der Waals surface area contributed by atoms with Crippen molar-refractivity contribution < 1.29 is 4.79 Å². The van der Waals surface area contributed by atoms with Gasteiger partial charge < -0.3 is 5.32 Å². The number of carbonyl (C=O) groups excluding carboxylic acids is 1. The van der Waals surface area contributed by atoms with Gasteiger partial charge in [0.1, 0.15) is 0 Å². The number of anilines is 1. The van der Waals surface area contributed by atoms with Gasteiger partial charge >= 0.3 is 0 Å². The maximum Gasteiger partial charge on any atom is 0.258 e. The second-order valence-electron chi connectivity index (χ2n) is 5.02. The fraction of sp³-hybridized carbons (Fsp3) is 0.0588. The summed E-state index contributed by atoms with van der Waals surface area (Å²) in [5.74, 6) is -0.261. The number of nitrogens with zero attached hydrogens (tertiary/aromatic N) is 2. The lowest BCUT2D eigenvalue weighted by Gasteiger charge is -2.05. The molecule has 0 saturated heterocycles. The number of hydrogen-bond acceptors (Lipinski definition) is 2. The summed E-state index contributed by atoms with van der Waals surface area (Å²) in [6.45, 7) is 0.608. The molecule has 0 radical (unpaired) electrons. The maximum absolute atomic E-state index is 12.3. The van der Waals surface area contributed by atoms with Crippen molar-refractivity contribution in [3.8, 4) is 0 Å². The van der Waals surface area contributed by atoms with Crippen LogP contribution in [0.3, 0.4) is 0 Å². The fourth-order valence-electron chi connectivity index (χ4n) is 2.17. The van der Waals surface area contributed by atoms with E-state index in [0.29, 0.717) is 27.8 Å². The third-order valence-corrected chi connectivity index (χ3v) is 3.64. The molecule has 0 aliphatic heterocycles. The minimum atomic E-state index is -0.261. The van der Waals surface area contributed by atoms with Gasteiger partial charge in [0.2, 0.25) is 0 Å². The summed E-state index contributed by atoms with van der Waals surface area (Å²) in [5, 5.41) is 7.90. The molecule has 6 heteroatoms. The first-order valence-corrected chi connectivity index (χ1v) is 7.69. The van der Waals surface area contributed by atoms with Gasteiger partial charge in [-0.15, -0.1) is 0 Å². The highest BCUT2D eigenvalue weighted by atomic mass is 35.5. The van der Waals surface area contributed by atoms with Crippen LogP contribution in [-0.2, 0) is 6.54 Å². The SMILES string of the molecule is O=C(Nc1cc(Cl)cc(Cl)c1)c1cnn(Cc2ccccc2)c1. The van der Waals surface area contributed by atoms with Crippen molar-refractivity contribution >= 4 is 34.8 Å². The number of aromatic nitrogens is 2. The molecule has 0 aliphatic rings. The minimum Gasteiger partial charge on any atom is -0.322 e. The number of benzene rings is 2. The van der Waals surface area contributed by atoms with Crippen molar-refractivity contribution in [3.63, 3.8) is 0 Å². The van der Waals surface area contributed by atoms with Crippen molar-refractivity contribution in [2.45, 2.75) is 6.54 Å². The van der Waals surface area contributed by atoms with Crippen LogP contribution < -0.4 is 5.32 Å². The highest BCUT2D eigenvalue weighted by Crippen LogP contribution is 2.22. The van der Waals surface area contributed by atoms with Crippen LogP contribution in [0.15, 0.2) is 60.9 Å². The maximum atomic E-state index is 12.3. The van der Waals surface area contributed by atoms with Gasteiger partial charge in [-0.1, -0.05) is 53.5 Å². The summed E-state index contributed by atoms with van der Waals surface area (Å²) in [6.07, 6.45) is 3.24. The molecule has 3 rings (SSSR count). The number of rotatable bonds is 4. The lowest BCUT2D eigenvalue weighted by atomic mass is 10.2. The summed E-state index contributed by atoms with van der Waals surface area (Å²) in [6, 6.07) is 14.8. The molecule has 116 valence electrons. The topological polar surface area (TPSA) is 46.9 Å². The fourth-order valence-corrected chi connectivity index (χ4v) is 2.69. The summed E-state index contributed by atoms with van der Waals surface area (Å²) in [4.78, 5) is 12.3. The van der Waals surface area contributed by atoms with Crippen LogP contribution >= 0.6 is 23.2 Å². The molecule has 0 fully saturated rings. The zero-order valence-corrected chi connectivity index (χ0v) is 13.6. The van der Waals surface area contributed by atoms with Crippen molar-refractivity contribution in [2.24, 2.45) is 0 Å². The molecular formula is C17H13Cl2N3O. The molecule has 1 aromatic heterocycles. The van der Waals surface area contributed by atoms with Gasteiger partial charge in [0.15, 0.2) is 0 Å². The average molecular weight is 346 g/mol. The van der Waals surface area contributed by atoms with Crippen molar-refractivity contribution in [3.05, 3.63) is 82.1 Å². The van der Waals surface area contributed by atoms with E-state index in [2.05, 4.69) is 10.4 Å². The van der Waals surface area contributed by atoms with Crippen LogP contribution in [0.4, 0.5) is 5.69 Å². The molecule has 0 unspecified atom stereocenters. The first kappa shape index (κ1) is 15.6. The summed E-state index contributed by atoms with van der Waals surface area (Å²) < 4.78 is 1.72. The van der Waals surface area contributed by atoms with Gasteiger partial charge in [0.25, 0.3) is 5.91 Å². The third-order valence-electron chi connectivity index (χ3n) is 3.20. The van der Waals surface area contributed by atoms with Gasteiger partial charge in [-0.05, 0) is 23.8 Å². The van der Waals surface area contributed by atoms with E-state index in [1.54, 1.807) is 29.1 Å². The van der Waals surface area contributed by atoms with Gasteiger partial charge in [-0.25, -0.2) is 0 Å². The number of halogens is 2. The second-order valence-corrected chi connectivity index (χ2v) is 5.90. The second kappa shape index (κ2) is 6.86. The van der Waals surface area contributed by atoms with E-state index in [1.165, 1.54) is 6.20 Å². The van der Waals surface area contributed by atoms with Crippen LogP contribution in [0, 0.1) is 0 Å². The number of hydrogen-bond donors (Lipinski definition) is 1. The molecule has 0 bridgehead atoms. The van der Waals surface area contributed by atoms with E-state index in [4.69, 9.17) is 23.2 Å². The molecule has 1 amide bonds. The summed E-state index contributed by atoms with van der Waals surface area (Å²) in [7, 11) is 0. The summed E-state index contributed by atoms with van der Waals surface area (Å²) in [5.41, 5.74) is 2.13. The van der Waals surface area contributed by atoms with E-state index in [1.807, 2.05) is 30.3 Å².